The summed E-state index contributed by atoms with van der Waals surface area (Å²) in [6.07, 6.45) is 1.04. The molecule has 270 valence electrons. The van der Waals surface area contributed by atoms with E-state index >= 15 is 0 Å². The van der Waals surface area contributed by atoms with Crippen molar-refractivity contribution in [3.8, 4) is 44.5 Å². The normalized spacial score (nSPS) is 11.8. The number of rotatable bonds is 9. The third-order valence-electron chi connectivity index (χ3n) is 11.3. The van der Waals surface area contributed by atoms with Crippen molar-refractivity contribution in [2.45, 2.75) is 26.2 Å². The number of para-hydroxylation sites is 1. The molecule has 0 fully saturated rings. The standard InChI is InChI=1S/C54H44N2/c1-3-37(2)54-52-36-46(21-19-42(52)27-33-53(54)55)50-32-26-45(35-51(50)41-13-6-4-7-14-41)40-24-30-49(31-25-40)56(47-16-8-5-9-17-47)48-28-22-39(23-29-48)44-20-18-38-12-10-11-15-43(38)34-44/h4-37H,3,55H2,1-2H3. The van der Waals surface area contributed by atoms with Crippen molar-refractivity contribution < 1.29 is 0 Å². The van der Waals surface area contributed by atoms with Crippen LogP contribution in [0, 0.1) is 0 Å². The molecule has 0 heterocycles. The Hall–Kier alpha value is -6.90. The van der Waals surface area contributed by atoms with Crippen LogP contribution in [0.5, 0.6) is 0 Å². The fourth-order valence-electron chi connectivity index (χ4n) is 8.11. The Kier molecular flexibility index (Phi) is 9.39. The maximum atomic E-state index is 6.59. The highest BCUT2D eigenvalue weighted by Gasteiger charge is 2.17. The van der Waals surface area contributed by atoms with E-state index in [0.29, 0.717) is 5.92 Å². The number of anilines is 4. The predicted molar refractivity (Wildman–Crippen MR) is 241 cm³/mol. The lowest BCUT2D eigenvalue weighted by molar-refractivity contribution is 0.742. The van der Waals surface area contributed by atoms with Gasteiger partial charge in [0.25, 0.3) is 0 Å². The van der Waals surface area contributed by atoms with E-state index in [-0.39, 0.29) is 0 Å². The van der Waals surface area contributed by atoms with Crippen LogP contribution in [0.25, 0.3) is 66.1 Å². The molecule has 0 amide bonds. The van der Waals surface area contributed by atoms with Gasteiger partial charge < -0.3 is 10.6 Å². The van der Waals surface area contributed by atoms with Crippen LogP contribution in [0.2, 0.25) is 0 Å². The van der Waals surface area contributed by atoms with Gasteiger partial charge in [-0.3, -0.25) is 0 Å². The molecule has 0 aliphatic heterocycles. The summed E-state index contributed by atoms with van der Waals surface area (Å²) in [7, 11) is 0. The van der Waals surface area contributed by atoms with Crippen LogP contribution in [0.4, 0.5) is 22.7 Å². The first-order chi connectivity index (χ1) is 27.5. The van der Waals surface area contributed by atoms with Crippen LogP contribution in [-0.4, -0.2) is 0 Å². The molecule has 0 radical (unpaired) electrons. The minimum absolute atomic E-state index is 0.375. The van der Waals surface area contributed by atoms with Crippen LogP contribution in [0.3, 0.4) is 0 Å². The van der Waals surface area contributed by atoms with Gasteiger partial charge in [0, 0.05) is 22.7 Å². The van der Waals surface area contributed by atoms with Gasteiger partial charge in [0.15, 0.2) is 0 Å². The van der Waals surface area contributed by atoms with Crippen molar-refractivity contribution in [3.05, 3.63) is 206 Å². The summed E-state index contributed by atoms with van der Waals surface area (Å²) in [5.74, 6) is 0.375. The van der Waals surface area contributed by atoms with E-state index in [0.717, 1.165) is 29.2 Å². The molecule has 1 atom stereocenters. The monoisotopic (exact) mass is 720 g/mol. The summed E-state index contributed by atoms with van der Waals surface area (Å²) in [5, 5.41) is 4.97. The smallest absolute Gasteiger partial charge is 0.0462 e. The zero-order valence-electron chi connectivity index (χ0n) is 31.9. The summed E-state index contributed by atoms with van der Waals surface area (Å²) in [6, 6.07) is 72.4. The largest absolute Gasteiger partial charge is 0.398 e. The fraction of sp³-hybridized carbons (Fsp3) is 0.0741. The second-order valence-electron chi connectivity index (χ2n) is 14.8. The zero-order chi connectivity index (χ0) is 38.0. The van der Waals surface area contributed by atoms with Gasteiger partial charge in [-0.2, -0.15) is 0 Å². The van der Waals surface area contributed by atoms with E-state index in [1.165, 1.54) is 71.6 Å². The Morgan fingerprint density at radius 1 is 0.411 bits per heavy atom. The van der Waals surface area contributed by atoms with E-state index in [4.69, 9.17) is 5.73 Å². The highest BCUT2D eigenvalue weighted by atomic mass is 15.1. The highest BCUT2D eigenvalue weighted by molar-refractivity contribution is 5.96. The minimum atomic E-state index is 0.375. The predicted octanol–water partition coefficient (Wildman–Crippen LogP) is 15.2. The summed E-state index contributed by atoms with van der Waals surface area (Å²) >= 11 is 0. The van der Waals surface area contributed by atoms with E-state index < -0.39 is 0 Å². The summed E-state index contributed by atoms with van der Waals surface area (Å²) in [4.78, 5) is 2.33. The molecule has 0 aliphatic rings. The Morgan fingerprint density at radius 3 is 1.61 bits per heavy atom. The van der Waals surface area contributed by atoms with Gasteiger partial charge in [0.1, 0.15) is 0 Å². The van der Waals surface area contributed by atoms with Crippen LogP contribution in [0.1, 0.15) is 31.7 Å². The molecule has 2 heteroatoms. The minimum Gasteiger partial charge on any atom is -0.398 e. The molecular formula is C54H44N2. The van der Waals surface area contributed by atoms with Crippen molar-refractivity contribution in [1.29, 1.82) is 0 Å². The average Bonchev–Trinajstić information content (AvgIpc) is 3.27. The van der Waals surface area contributed by atoms with Gasteiger partial charge >= 0.3 is 0 Å². The molecule has 56 heavy (non-hydrogen) atoms. The lowest BCUT2D eigenvalue weighted by Gasteiger charge is -2.26. The molecule has 0 saturated heterocycles. The maximum absolute atomic E-state index is 6.59. The van der Waals surface area contributed by atoms with E-state index in [2.05, 4.69) is 219 Å². The van der Waals surface area contributed by atoms with Gasteiger partial charge in [-0.1, -0.05) is 153 Å². The van der Waals surface area contributed by atoms with Crippen molar-refractivity contribution >= 4 is 44.3 Å². The van der Waals surface area contributed by atoms with Gasteiger partial charge in [-0.15, -0.1) is 0 Å². The van der Waals surface area contributed by atoms with Crippen molar-refractivity contribution in [1.82, 2.24) is 0 Å². The highest BCUT2D eigenvalue weighted by Crippen LogP contribution is 2.41. The molecule has 9 rings (SSSR count). The lowest BCUT2D eigenvalue weighted by atomic mass is 9.87. The molecule has 2 nitrogen and oxygen atoms in total. The van der Waals surface area contributed by atoms with E-state index in [1.54, 1.807) is 0 Å². The van der Waals surface area contributed by atoms with E-state index in [9.17, 15) is 0 Å². The summed E-state index contributed by atoms with van der Waals surface area (Å²) in [5.41, 5.74) is 21.6. The number of fused-ring (bicyclic) bond motifs is 2. The van der Waals surface area contributed by atoms with Gasteiger partial charge in [-0.05, 0) is 145 Å². The molecule has 0 aliphatic carbocycles. The molecule has 2 N–H and O–H groups in total. The van der Waals surface area contributed by atoms with Crippen LogP contribution < -0.4 is 10.6 Å². The van der Waals surface area contributed by atoms with Crippen molar-refractivity contribution in [2.75, 3.05) is 10.6 Å². The Bertz CT molecular complexity index is 2790. The Morgan fingerprint density at radius 2 is 0.929 bits per heavy atom. The van der Waals surface area contributed by atoms with Crippen molar-refractivity contribution in [3.63, 3.8) is 0 Å². The first-order valence-electron chi connectivity index (χ1n) is 19.6. The molecule has 1 unspecified atom stereocenters. The van der Waals surface area contributed by atoms with Crippen LogP contribution in [0.15, 0.2) is 200 Å². The number of hydrogen-bond donors (Lipinski definition) is 1. The van der Waals surface area contributed by atoms with Crippen molar-refractivity contribution in [2.24, 2.45) is 0 Å². The Labute approximate surface area is 330 Å². The second-order valence-corrected chi connectivity index (χ2v) is 14.8. The molecular weight excluding hydrogens is 677 g/mol. The number of hydrogen-bond acceptors (Lipinski definition) is 2. The van der Waals surface area contributed by atoms with Gasteiger partial charge in [-0.25, -0.2) is 0 Å². The number of nitrogen functional groups attached to an aromatic ring is 1. The summed E-state index contributed by atoms with van der Waals surface area (Å²) in [6.45, 7) is 4.50. The summed E-state index contributed by atoms with van der Waals surface area (Å²) < 4.78 is 0. The quantitative estimate of drug-likeness (QED) is 0.150. The first kappa shape index (κ1) is 34.8. The van der Waals surface area contributed by atoms with Gasteiger partial charge in [0.2, 0.25) is 0 Å². The third-order valence-corrected chi connectivity index (χ3v) is 11.3. The lowest BCUT2D eigenvalue weighted by Crippen LogP contribution is -2.09. The molecule has 0 aromatic heterocycles. The average molecular weight is 721 g/mol. The number of nitrogens with two attached hydrogens (primary N) is 1. The topological polar surface area (TPSA) is 29.3 Å². The molecule has 0 bridgehead atoms. The molecule has 0 saturated carbocycles. The maximum Gasteiger partial charge on any atom is 0.0462 e. The molecule has 0 spiro atoms. The second kappa shape index (κ2) is 15.1. The van der Waals surface area contributed by atoms with E-state index in [1.807, 2.05) is 0 Å². The van der Waals surface area contributed by atoms with Gasteiger partial charge in [0.05, 0.1) is 0 Å². The Balaban J connectivity index is 1.08. The van der Waals surface area contributed by atoms with Crippen LogP contribution >= 0.6 is 0 Å². The third kappa shape index (κ3) is 6.71. The SMILES string of the molecule is CCC(C)c1c(N)ccc2ccc(-c3ccc(-c4ccc(N(c5ccccc5)c5ccc(-c6ccc7ccccc7c6)cc5)cc4)cc3-c3ccccc3)cc12. The number of benzene rings is 9. The first-order valence-corrected chi connectivity index (χ1v) is 19.6. The van der Waals surface area contributed by atoms with Crippen LogP contribution in [-0.2, 0) is 0 Å². The zero-order valence-corrected chi connectivity index (χ0v) is 31.9. The molecule has 9 aromatic rings. The fourth-order valence-corrected chi connectivity index (χ4v) is 8.11. The molecule has 9 aromatic carbocycles. The number of nitrogens with zero attached hydrogens (tertiary/aromatic N) is 1.